The molecule has 3 rings (SSSR count). The van der Waals surface area contributed by atoms with E-state index in [-0.39, 0.29) is 16.8 Å². The van der Waals surface area contributed by atoms with E-state index in [9.17, 15) is 13.2 Å². The highest BCUT2D eigenvalue weighted by atomic mass is 32.2. The van der Waals surface area contributed by atoms with E-state index in [1.807, 2.05) is 26.0 Å². The van der Waals surface area contributed by atoms with Crippen molar-refractivity contribution in [2.75, 3.05) is 19.0 Å². The quantitative estimate of drug-likeness (QED) is 0.625. The Bertz CT molecular complexity index is 919. The van der Waals surface area contributed by atoms with Crippen molar-refractivity contribution in [1.29, 1.82) is 0 Å². The van der Waals surface area contributed by atoms with Crippen LogP contribution in [0.3, 0.4) is 0 Å². The Morgan fingerprint density at radius 2 is 1.69 bits per heavy atom. The lowest BCUT2D eigenvalue weighted by molar-refractivity contribution is 0.132. The summed E-state index contributed by atoms with van der Waals surface area (Å²) in [7, 11) is -3.34. The average molecular weight is 419 g/mol. The number of epoxide rings is 1. The monoisotopic (exact) mass is 419 g/mol. The first-order valence-electron chi connectivity index (χ1n) is 9.43. The molecule has 0 aliphatic carbocycles. The molecule has 1 aliphatic rings. The van der Waals surface area contributed by atoms with Gasteiger partial charge in [-0.15, -0.1) is 0 Å². The maximum absolute atomic E-state index is 12.2. The summed E-state index contributed by atoms with van der Waals surface area (Å²) in [6, 6.07) is 13.6. The van der Waals surface area contributed by atoms with Gasteiger partial charge >= 0.3 is 6.09 Å². The van der Waals surface area contributed by atoms with Gasteiger partial charge in [-0.05, 0) is 47.9 Å². The van der Waals surface area contributed by atoms with Crippen LogP contribution in [0.4, 0.5) is 4.79 Å². The molecule has 1 unspecified atom stereocenters. The van der Waals surface area contributed by atoms with Crippen molar-refractivity contribution in [2.45, 2.75) is 31.4 Å². The summed E-state index contributed by atoms with van der Waals surface area (Å²) < 4.78 is 40.2. The third-order valence-electron chi connectivity index (χ3n) is 4.13. The van der Waals surface area contributed by atoms with Crippen molar-refractivity contribution >= 4 is 15.9 Å². The van der Waals surface area contributed by atoms with Crippen molar-refractivity contribution in [2.24, 2.45) is 5.92 Å². The summed E-state index contributed by atoms with van der Waals surface area (Å²) in [5.41, 5.74) is 0.905. The summed E-state index contributed by atoms with van der Waals surface area (Å²) in [6.45, 7) is 5.19. The Balaban J connectivity index is 1.51. The number of amides is 1. The SMILES string of the molecule is CC(C)COC(=O)NCc1ccc(Oc2ccc(S(=O)(=O)CC3CO3)cc2)cc1. The highest BCUT2D eigenvalue weighted by Crippen LogP contribution is 2.25. The Hall–Kier alpha value is -2.58. The van der Waals surface area contributed by atoms with E-state index in [2.05, 4.69) is 5.32 Å². The van der Waals surface area contributed by atoms with Crippen LogP contribution in [0.5, 0.6) is 11.5 Å². The van der Waals surface area contributed by atoms with Gasteiger partial charge in [0, 0.05) is 6.54 Å². The molecule has 1 saturated heterocycles. The van der Waals surface area contributed by atoms with Gasteiger partial charge in [-0.3, -0.25) is 0 Å². The molecule has 0 saturated carbocycles. The standard InChI is InChI=1S/C21H25NO6S/c1-15(2)12-27-21(23)22-11-16-3-5-17(6-4-16)28-18-7-9-20(10-8-18)29(24,25)14-19-13-26-19/h3-10,15,19H,11-14H2,1-2H3,(H,22,23). The molecule has 7 nitrogen and oxygen atoms in total. The third-order valence-corrected chi connectivity index (χ3v) is 5.94. The number of nitrogens with one attached hydrogen (secondary N) is 1. The van der Waals surface area contributed by atoms with E-state index in [1.54, 1.807) is 24.3 Å². The van der Waals surface area contributed by atoms with Crippen LogP contribution in [0.1, 0.15) is 19.4 Å². The zero-order valence-corrected chi connectivity index (χ0v) is 17.3. The van der Waals surface area contributed by atoms with Crippen molar-refractivity contribution in [3.63, 3.8) is 0 Å². The number of hydrogen-bond acceptors (Lipinski definition) is 6. The Morgan fingerprint density at radius 3 is 2.24 bits per heavy atom. The zero-order chi connectivity index (χ0) is 20.9. The summed E-state index contributed by atoms with van der Waals surface area (Å²) in [5.74, 6) is 1.44. The topological polar surface area (TPSA) is 94.2 Å². The predicted octanol–water partition coefficient (Wildman–Crippen LogP) is 3.53. The molecule has 0 spiro atoms. The van der Waals surface area contributed by atoms with E-state index in [1.165, 1.54) is 12.1 Å². The van der Waals surface area contributed by atoms with E-state index in [4.69, 9.17) is 14.2 Å². The molecule has 1 amide bonds. The highest BCUT2D eigenvalue weighted by Gasteiger charge is 2.30. The second-order valence-electron chi connectivity index (χ2n) is 7.30. The molecule has 1 heterocycles. The molecule has 1 N–H and O–H groups in total. The van der Waals surface area contributed by atoms with Crippen LogP contribution in [0, 0.1) is 5.92 Å². The van der Waals surface area contributed by atoms with Gasteiger partial charge in [0.15, 0.2) is 9.84 Å². The molecule has 29 heavy (non-hydrogen) atoms. The number of carbonyl (C=O) groups excluding carboxylic acids is 1. The van der Waals surface area contributed by atoms with Crippen molar-refractivity contribution in [3.8, 4) is 11.5 Å². The molecule has 8 heteroatoms. The Kier molecular flexibility index (Phi) is 6.76. The third kappa shape index (κ3) is 6.76. The molecule has 0 bridgehead atoms. The lowest BCUT2D eigenvalue weighted by Crippen LogP contribution is -2.25. The second kappa shape index (κ2) is 9.28. The van der Waals surface area contributed by atoms with Crippen molar-refractivity contribution < 1.29 is 27.4 Å². The fourth-order valence-electron chi connectivity index (χ4n) is 2.50. The molecule has 1 aliphatic heterocycles. The van der Waals surface area contributed by atoms with Gasteiger partial charge in [0.1, 0.15) is 11.5 Å². The second-order valence-corrected chi connectivity index (χ2v) is 9.33. The molecule has 0 aromatic heterocycles. The number of benzene rings is 2. The number of rotatable bonds is 9. The Morgan fingerprint density at radius 1 is 1.10 bits per heavy atom. The maximum Gasteiger partial charge on any atom is 0.407 e. The minimum Gasteiger partial charge on any atom is -0.457 e. The van der Waals surface area contributed by atoms with Crippen LogP contribution < -0.4 is 10.1 Å². The number of ether oxygens (including phenoxy) is 3. The Labute approximate surface area is 170 Å². The molecule has 2 aromatic carbocycles. The van der Waals surface area contributed by atoms with Crippen LogP contribution >= 0.6 is 0 Å². The molecule has 2 aromatic rings. The number of sulfone groups is 1. The van der Waals surface area contributed by atoms with Crippen LogP contribution in [0.25, 0.3) is 0 Å². The molecule has 1 atom stereocenters. The van der Waals surface area contributed by atoms with Crippen LogP contribution in [-0.4, -0.2) is 39.6 Å². The van der Waals surface area contributed by atoms with Gasteiger partial charge in [-0.25, -0.2) is 13.2 Å². The van der Waals surface area contributed by atoms with E-state index >= 15 is 0 Å². The first kappa shape index (κ1) is 21.1. The summed E-state index contributed by atoms with van der Waals surface area (Å²) in [5, 5.41) is 2.69. The fraction of sp³-hybridized carbons (Fsp3) is 0.381. The largest absolute Gasteiger partial charge is 0.457 e. The summed E-state index contributed by atoms with van der Waals surface area (Å²) >= 11 is 0. The van der Waals surface area contributed by atoms with E-state index in [0.717, 1.165) is 5.56 Å². The van der Waals surface area contributed by atoms with Gasteiger partial charge in [0.25, 0.3) is 0 Å². The van der Waals surface area contributed by atoms with Crippen molar-refractivity contribution in [3.05, 3.63) is 54.1 Å². The summed E-state index contributed by atoms with van der Waals surface area (Å²) in [4.78, 5) is 11.8. The molecule has 0 radical (unpaired) electrons. The van der Waals surface area contributed by atoms with Crippen LogP contribution in [0.2, 0.25) is 0 Å². The lowest BCUT2D eigenvalue weighted by Gasteiger charge is -2.10. The van der Waals surface area contributed by atoms with Gasteiger partial charge in [0.05, 0.1) is 30.0 Å². The molecular formula is C21H25NO6S. The normalized spacial score (nSPS) is 15.8. The van der Waals surface area contributed by atoms with E-state index < -0.39 is 15.9 Å². The number of hydrogen-bond donors (Lipinski definition) is 1. The van der Waals surface area contributed by atoms with Gasteiger partial charge < -0.3 is 19.5 Å². The van der Waals surface area contributed by atoms with Crippen molar-refractivity contribution in [1.82, 2.24) is 5.32 Å². The average Bonchev–Trinajstić information content (AvgIpc) is 3.49. The van der Waals surface area contributed by atoms with Crippen LogP contribution in [0.15, 0.2) is 53.4 Å². The van der Waals surface area contributed by atoms with Gasteiger partial charge in [0.2, 0.25) is 0 Å². The first-order valence-corrected chi connectivity index (χ1v) is 11.1. The molecule has 156 valence electrons. The fourth-order valence-corrected chi connectivity index (χ4v) is 3.92. The first-order chi connectivity index (χ1) is 13.8. The van der Waals surface area contributed by atoms with Gasteiger partial charge in [-0.2, -0.15) is 0 Å². The zero-order valence-electron chi connectivity index (χ0n) is 16.5. The lowest BCUT2D eigenvalue weighted by atomic mass is 10.2. The number of carbonyl (C=O) groups is 1. The van der Waals surface area contributed by atoms with Crippen LogP contribution in [-0.2, 0) is 25.9 Å². The minimum atomic E-state index is -3.34. The van der Waals surface area contributed by atoms with E-state index in [0.29, 0.717) is 37.2 Å². The summed E-state index contributed by atoms with van der Waals surface area (Å²) in [6.07, 6.45) is -0.622. The highest BCUT2D eigenvalue weighted by molar-refractivity contribution is 7.91. The smallest absolute Gasteiger partial charge is 0.407 e. The maximum atomic E-state index is 12.2. The van der Waals surface area contributed by atoms with Gasteiger partial charge in [-0.1, -0.05) is 26.0 Å². The molecular weight excluding hydrogens is 394 g/mol. The minimum absolute atomic E-state index is 0.00765. The number of alkyl carbamates (subject to hydrolysis) is 1. The predicted molar refractivity (Wildman–Crippen MR) is 108 cm³/mol. The molecule has 1 fully saturated rings.